The van der Waals surface area contributed by atoms with Gasteiger partial charge in [-0.1, -0.05) is 23.4 Å². The molecule has 4 rings (SSSR count). The van der Waals surface area contributed by atoms with Gasteiger partial charge in [0.2, 0.25) is 0 Å². The highest BCUT2D eigenvalue weighted by atomic mass is 35.5. The third-order valence-electron chi connectivity index (χ3n) is 4.16. The molecule has 0 N–H and O–H groups in total. The number of ketones is 1. The number of nitrogens with zero attached hydrogens (tertiary/aromatic N) is 3. The first kappa shape index (κ1) is 19.8. The quantitative estimate of drug-likeness (QED) is 0.436. The maximum absolute atomic E-state index is 13.0. The van der Waals surface area contributed by atoms with E-state index in [0.717, 1.165) is 34.8 Å². The van der Waals surface area contributed by atoms with Gasteiger partial charge in [0.05, 0.1) is 29.6 Å². The summed E-state index contributed by atoms with van der Waals surface area (Å²) in [5.74, 6) is 0.784. The van der Waals surface area contributed by atoms with Gasteiger partial charge in [-0.05, 0) is 24.3 Å². The molecule has 1 aromatic carbocycles. The monoisotopic (exact) mass is 443 g/mol. The first-order chi connectivity index (χ1) is 13.8. The molecule has 6 nitrogen and oxygen atoms in total. The van der Waals surface area contributed by atoms with Crippen molar-refractivity contribution in [3.63, 3.8) is 0 Å². The van der Waals surface area contributed by atoms with Crippen LogP contribution in [0.3, 0.4) is 0 Å². The third kappa shape index (κ3) is 4.13. The highest BCUT2D eigenvalue weighted by molar-refractivity contribution is 7.99. The van der Waals surface area contributed by atoms with E-state index in [-0.39, 0.29) is 27.4 Å². The lowest BCUT2D eigenvalue weighted by Crippen LogP contribution is -2.07. The second kappa shape index (κ2) is 7.75. The van der Waals surface area contributed by atoms with E-state index in [9.17, 15) is 18.0 Å². The lowest BCUT2D eigenvalue weighted by atomic mass is 10.1. The van der Waals surface area contributed by atoms with Crippen LogP contribution >= 0.6 is 23.4 Å². The van der Waals surface area contributed by atoms with Crippen LogP contribution in [-0.2, 0) is 6.18 Å². The summed E-state index contributed by atoms with van der Waals surface area (Å²) in [5, 5.41) is 7.62. The van der Waals surface area contributed by atoms with Crippen LogP contribution in [0.5, 0.6) is 11.5 Å². The van der Waals surface area contributed by atoms with Crippen LogP contribution in [0.2, 0.25) is 5.02 Å². The lowest BCUT2D eigenvalue weighted by Gasteiger charge is -2.09. The van der Waals surface area contributed by atoms with Gasteiger partial charge in [-0.15, -0.1) is 10.2 Å². The molecule has 3 heterocycles. The third-order valence-corrected chi connectivity index (χ3v) is 5.38. The summed E-state index contributed by atoms with van der Waals surface area (Å²) in [5.41, 5.74) is -0.430. The van der Waals surface area contributed by atoms with Crippen LogP contribution in [0, 0.1) is 0 Å². The normalized spacial score (nSPS) is 14.1. The molecule has 1 aliphatic heterocycles. The largest absolute Gasteiger partial charge is 0.490 e. The number of rotatable bonds is 4. The van der Waals surface area contributed by atoms with E-state index in [2.05, 4.69) is 10.2 Å². The maximum Gasteiger partial charge on any atom is 0.417 e. The summed E-state index contributed by atoms with van der Waals surface area (Å²) >= 11 is 6.87. The summed E-state index contributed by atoms with van der Waals surface area (Å²) in [4.78, 5) is 12.6. The fraction of sp³-hybridized carbons (Fsp3) is 0.278. The van der Waals surface area contributed by atoms with Crippen LogP contribution < -0.4 is 9.47 Å². The zero-order valence-corrected chi connectivity index (χ0v) is 16.3. The smallest absolute Gasteiger partial charge is 0.417 e. The Hall–Kier alpha value is -2.46. The molecule has 1 aliphatic rings. The number of hydrogen-bond donors (Lipinski definition) is 0. The van der Waals surface area contributed by atoms with Crippen LogP contribution in [0.15, 0.2) is 35.6 Å². The summed E-state index contributed by atoms with van der Waals surface area (Å²) in [6.07, 6.45) is -2.96. The number of hydrogen-bond acceptors (Lipinski definition) is 6. The van der Waals surface area contributed by atoms with Gasteiger partial charge in [-0.2, -0.15) is 13.2 Å². The van der Waals surface area contributed by atoms with Crippen molar-refractivity contribution in [2.75, 3.05) is 19.0 Å². The second-order valence-electron chi connectivity index (χ2n) is 6.17. The zero-order chi connectivity index (χ0) is 20.6. The zero-order valence-electron chi connectivity index (χ0n) is 14.7. The molecule has 0 aliphatic carbocycles. The molecule has 0 spiro atoms. The standard InChI is InChI=1S/C18H13ClF3N3O3S/c19-12-7-11(18(20,21)22)8-25-16(12)23-24-17(25)29-9-13(26)10-2-3-14-15(6-10)28-5-1-4-27-14/h2-3,6-8H,1,4-5,9H2. The fourth-order valence-electron chi connectivity index (χ4n) is 2.74. The number of carbonyl (C=O) groups excluding carboxylic acids is 1. The minimum Gasteiger partial charge on any atom is -0.490 e. The fourth-order valence-corrected chi connectivity index (χ4v) is 3.79. The number of fused-ring (bicyclic) bond motifs is 2. The van der Waals surface area contributed by atoms with Gasteiger partial charge in [0.1, 0.15) is 0 Å². The van der Waals surface area contributed by atoms with Gasteiger partial charge in [0.25, 0.3) is 0 Å². The molecule has 0 saturated heterocycles. The van der Waals surface area contributed by atoms with Gasteiger partial charge < -0.3 is 9.47 Å². The molecule has 3 aromatic rings. The molecule has 0 unspecified atom stereocenters. The predicted molar refractivity (Wildman–Crippen MR) is 100 cm³/mol. The maximum atomic E-state index is 13.0. The number of alkyl halides is 3. The van der Waals surface area contributed by atoms with Gasteiger partial charge in [-0.3, -0.25) is 9.20 Å². The van der Waals surface area contributed by atoms with Crippen molar-refractivity contribution in [3.8, 4) is 11.5 Å². The minimum absolute atomic E-state index is 0.0473. The van der Waals surface area contributed by atoms with E-state index in [0.29, 0.717) is 30.3 Å². The predicted octanol–water partition coefficient (Wildman–Crippen LogP) is 4.54. The number of carbonyl (C=O) groups is 1. The topological polar surface area (TPSA) is 65.7 Å². The van der Waals surface area contributed by atoms with E-state index in [1.165, 1.54) is 0 Å². The first-order valence-corrected chi connectivity index (χ1v) is 9.86. The Kier molecular flexibility index (Phi) is 5.30. The average molecular weight is 444 g/mol. The number of ether oxygens (including phenoxy) is 2. The highest BCUT2D eigenvalue weighted by Gasteiger charge is 2.32. The average Bonchev–Trinajstić information content (AvgIpc) is 2.94. The number of halogens is 4. The summed E-state index contributed by atoms with van der Waals surface area (Å²) < 4.78 is 51.4. The number of benzene rings is 1. The van der Waals surface area contributed by atoms with Gasteiger partial charge in [-0.25, -0.2) is 0 Å². The highest BCUT2D eigenvalue weighted by Crippen LogP contribution is 2.34. The van der Waals surface area contributed by atoms with Crippen molar-refractivity contribution in [2.24, 2.45) is 0 Å². The summed E-state index contributed by atoms with van der Waals surface area (Å²) in [7, 11) is 0. The molecule has 2 aromatic heterocycles. The minimum atomic E-state index is -4.57. The number of thioether (sulfide) groups is 1. The molecule has 152 valence electrons. The van der Waals surface area contributed by atoms with E-state index < -0.39 is 11.7 Å². The Bertz CT molecular complexity index is 1090. The van der Waals surface area contributed by atoms with Crippen LogP contribution in [0.1, 0.15) is 22.3 Å². The molecule has 0 saturated carbocycles. The van der Waals surface area contributed by atoms with E-state index in [4.69, 9.17) is 21.1 Å². The molecular formula is C18H13ClF3N3O3S. The van der Waals surface area contributed by atoms with Crippen LogP contribution in [0.25, 0.3) is 5.65 Å². The Morgan fingerprint density at radius 1 is 1.17 bits per heavy atom. The number of Topliss-reactive ketones (excluding diaryl/α,β-unsaturated/α-hetero) is 1. The number of pyridine rings is 1. The van der Waals surface area contributed by atoms with Crippen molar-refractivity contribution in [3.05, 3.63) is 46.6 Å². The Balaban J connectivity index is 1.54. The Morgan fingerprint density at radius 2 is 1.93 bits per heavy atom. The molecule has 11 heteroatoms. The molecule has 0 amide bonds. The van der Waals surface area contributed by atoms with Crippen molar-refractivity contribution < 1.29 is 27.4 Å². The van der Waals surface area contributed by atoms with Crippen molar-refractivity contribution >= 4 is 34.8 Å². The van der Waals surface area contributed by atoms with Gasteiger partial charge in [0, 0.05) is 18.2 Å². The SMILES string of the molecule is O=C(CSc1nnc2c(Cl)cc(C(F)(F)F)cn12)c1ccc2c(c1)OCCCO2. The molecule has 0 atom stereocenters. The van der Waals surface area contributed by atoms with E-state index in [1.807, 2.05) is 0 Å². The first-order valence-electron chi connectivity index (χ1n) is 8.50. The van der Waals surface area contributed by atoms with Crippen molar-refractivity contribution in [1.29, 1.82) is 0 Å². The van der Waals surface area contributed by atoms with Crippen LogP contribution in [0.4, 0.5) is 13.2 Å². The Morgan fingerprint density at radius 3 is 2.69 bits per heavy atom. The second-order valence-corrected chi connectivity index (χ2v) is 7.52. The van der Waals surface area contributed by atoms with E-state index >= 15 is 0 Å². The van der Waals surface area contributed by atoms with E-state index in [1.54, 1.807) is 18.2 Å². The summed E-state index contributed by atoms with van der Waals surface area (Å²) in [6, 6.07) is 5.68. The lowest BCUT2D eigenvalue weighted by molar-refractivity contribution is -0.137. The molecule has 29 heavy (non-hydrogen) atoms. The molecule has 0 fully saturated rings. The van der Waals surface area contributed by atoms with Crippen molar-refractivity contribution in [2.45, 2.75) is 17.8 Å². The van der Waals surface area contributed by atoms with Gasteiger partial charge >= 0.3 is 6.18 Å². The Labute approximate surface area is 172 Å². The van der Waals surface area contributed by atoms with Crippen LogP contribution in [-0.4, -0.2) is 39.3 Å². The number of aromatic nitrogens is 3. The molecular weight excluding hydrogens is 431 g/mol. The molecule has 0 radical (unpaired) electrons. The van der Waals surface area contributed by atoms with Gasteiger partial charge in [0.15, 0.2) is 28.1 Å². The van der Waals surface area contributed by atoms with Crippen molar-refractivity contribution in [1.82, 2.24) is 14.6 Å². The summed E-state index contributed by atoms with van der Waals surface area (Å²) in [6.45, 7) is 1.03. The molecule has 0 bridgehead atoms.